The molecule has 0 radical (unpaired) electrons. The number of hydrogen-bond acceptors (Lipinski definition) is 4. The van der Waals surface area contributed by atoms with Gasteiger partial charge in [-0.3, -0.25) is 4.31 Å². The average Bonchev–Trinajstić information content (AvgIpc) is 2.82. The van der Waals surface area contributed by atoms with Gasteiger partial charge in [0, 0.05) is 19.2 Å². The van der Waals surface area contributed by atoms with Crippen LogP contribution in [0.4, 0.5) is 37.7 Å². The summed E-state index contributed by atoms with van der Waals surface area (Å²) in [6.07, 6.45) is -3.98. The second-order valence-corrected chi connectivity index (χ2v) is 10.2. The van der Waals surface area contributed by atoms with Crippen LogP contribution in [0, 0.1) is 5.82 Å². The smallest absolute Gasteiger partial charge is 0.416 e. The molecule has 3 aromatic carbocycles. The molecule has 0 saturated heterocycles. The second kappa shape index (κ2) is 10.2. The number of ether oxygens (including phenoxy) is 1. The van der Waals surface area contributed by atoms with Crippen molar-refractivity contribution in [2.75, 3.05) is 28.8 Å². The summed E-state index contributed by atoms with van der Waals surface area (Å²) in [6.45, 7) is -0.385. The summed E-state index contributed by atoms with van der Waals surface area (Å²) in [4.78, 5) is 1.41. The van der Waals surface area contributed by atoms with Crippen LogP contribution in [0.1, 0.15) is 18.9 Å². The first-order valence-electron chi connectivity index (χ1n) is 11.2. The average molecular weight is 545 g/mol. The molecule has 0 aliphatic carbocycles. The van der Waals surface area contributed by atoms with Crippen LogP contribution in [0.15, 0.2) is 65.6 Å². The maximum atomic E-state index is 14.2. The van der Waals surface area contributed by atoms with Gasteiger partial charge in [-0.05, 0) is 60.0 Å². The number of hydrogen-bond donors (Lipinski definition) is 0. The van der Waals surface area contributed by atoms with Gasteiger partial charge in [-0.2, -0.15) is 22.0 Å². The van der Waals surface area contributed by atoms with Crippen LogP contribution < -0.4 is 13.9 Å². The van der Waals surface area contributed by atoms with Gasteiger partial charge >= 0.3 is 12.8 Å². The van der Waals surface area contributed by atoms with E-state index in [4.69, 9.17) is 0 Å². The van der Waals surface area contributed by atoms with Crippen molar-refractivity contribution in [1.29, 1.82) is 0 Å². The topological polar surface area (TPSA) is 49.9 Å². The third-order valence-electron chi connectivity index (χ3n) is 5.83. The maximum absolute atomic E-state index is 14.2. The van der Waals surface area contributed by atoms with Crippen molar-refractivity contribution in [3.05, 3.63) is 72.0 Å². The van der Waals surface area contributed by atoms with E-state index in [-0.39, 0.29) is 17.8 Å². The molecule has 198 valence electrons. The van der Waals surface area contributed by atoms with E-state index in [1.807, 2.05) is 11.8 Å². The van der Waals surface area contributed by atoms with Crippen molar-refractivity contribution in [3.63, 3.8) is 0 Å². The summed E-state index contributed by atoms with van der Waals surface area (Å²) in [6, 6.07) is 11.2. The van der Waals surface area contributed by atoms with Gasteiger partial charge in [0.05, 0.1) is 28.4 Å². The lowest BCUT2D eigenvalue weighted by Crippen LogP contribution is -2.44. The third kappa shape index (κ3) is 5.63. The standard InChI is InChI=1S/C25H22F6N2O3S/c1-2-8-32-9-10-33(37(34,35)21-5-3-4-18(14-21)25(29,30)31)23-13-16(6-7-22(23)32)17-11-19(26)15-20(12-17)36-24(27)28/h3-7,11-15,24H,2,8-10H2,1H3. The number of alkyl halides is 5. The first kappa shape index (κ1) is 26.6. The Morgan fingerprint density at radius 2 is 1.70 bits per heavy atom. The highest BCUT2D eigenvalue weighted by atomic mass is 32.2. The van der Waals surface area contributed by atoms with Gasteiger partial charge in [-0.25, -0.2) is 12.8 Å². The van der Waals surface area contributed by atoms with Crippen molar-refractivity contribution in [2.24, 2.45) is 0 Å². The molecule has 5 nitrogen and oxygen atoms in total. The molecule has 0 atom stereocenters. The number of sulfonamides is 1. The van der Waals surface area contributed by atoms with Crippen molar-refractivity contribution in [3.8, 4) is 16.9 Å². The molecule has 0 aromatic heterocycles. The fourth-order valence-electron chi connectivity index (χ4n) is 4.23. The molecule has 12 heteroatoms. The predicted octanol–water partition coefficient (Wildman–Crippen LogP) is 6.54. The maximum Gasteiger partial charge on any atom is 0.416 e. The first-order valence-corrected chi connectivity index (χ1v) is 12.7. The molecule has 37 heavy (non-hydrogen) atoms. The summed E-state index contributed by atoms with van der Waals surface area (Å²) < 4.78 is 112. The molecular formula is C25H22F6N2O3S. The Balaban J connectivity index is 1.83. The first-order chi connectivity index (χ1) is 17.4. The van der Waals surface area contributed by atoms with Gasteiger partial charge in [0.2, 0.25) is 0 Å². The Labute approximate surface area is 209 Å². The highest BCUT2D eigenvalue weighted by Crippen LogP contribution is 2.41. The Morgan fingerprint density at radius 1 is 0.946 bits per heavy atom. The number of anilines is 2. The summed E-state index contributed by atoms with van der Waals surface area (Å²) >= 11 is 0. The van der Waals surface area contributed by atoms with Gasteiger partial charge in [-0.1, -0.05) is 19.1 Å². The third-order valence-corrected chi connectivity index (χ3v) is 7.64. The van der Waals surface area contributed by atoms with Crippen LogP contribution >= 0.6 is 0 Å². The minimum atomic E-state index is -4.73. The number of fused-ring (bicyclic) bond motifs is 1. The normalized spacial score (nSPS) is 14.2. The highest BCUT2D eigenvalue weighted by Gasteiger charge is 2.35. The monoisotopic (exact) mass is 544 g/mol. The van der Waals surface area contributed by atoms with Crippen molar-refractivity contribution >= 4 is 21.4 Å². The van der Waals surface area contributed by atoms with Crippen molar-refractivity contribution in [2.45, 2.75) is 31.0 Å². The Morgan fingerprint density at radius 3 is 2.38 bits per heavy atom. The van der Waals surface area contributed by atoms with E-state index in [9.17, 15) is 34.8 Å². The predicted molar refractivity (Wildman–Crippen MR) is 127 cm³/mol. The van der Waals surface area contributed by atoms with Crippen molar-refractivity contribution in [1.82, 2.24) is 0 Å². The van der Waals surface area contributed by atoms with Crippen LogP contribution in [0.25, 0.3) is 11.1 Å². The van der Waals surface area contributed by atoms with Crippen LogP contribution in [0.3, 0.4) is 0 Å². The lowest BCUT2D eigenvalue weighted by atomic mass is 10.0. The highest BCUT2D eigenvalue weighted by molar-refractivity contribution is 7.92. The van der Waals surface area contributed by atoms with E-state index in [0.29, 0.717) is 30.4 Å². The van der Waals surface area contributed by atoms with E-state index < -0.39 is 44.8 Å². The summed E-state index contributed by atoms with van der Waals surface area (Å²) in [7, 11) is -4.42. The van der Waals surface area contributed by atoms with Gasteiger partial charge in [-0.15, -0.1) is 0 Å². The zero-order valence-corrected chi connectivity index (χ0v) is 20.3. The molecule has 0 bridgehead atoms. The second-order valence-electron chi connectivity index (χ2n) is 8.35. The zero-order valence-electron chi connectivity index (χ0n) is 19.5. The van der Waals surface area contributed by atoms with Crippen LogP contribution in [0.5, 0.6) is 5.75 Å². The quantitative estimate of drug-likeness (QED) is 0.317. The Kier molecular flexibility index (Phi) is 7.31. The van der Waals surface area contributed by atoms with Gasteiger partial charge in [0.1, 0.15) is 11.6 Å². The van der Waals surface area contributed by atoms with Crippen LogP contribution in [0.2, 0.25) is 0 Å². The van der Waals surface area contributed by atoms with Gasteiger partial charge in [0.15, 0.2) is 0 Å². The Bertz CT molecular complexity index is 1400. The van der Waals surface area contributed by atoms with E-state index in [1.165, 1.54) is 12.1 Å². The molecular weight excluding hydrogens is 522 g/mol. The van der Waals surface area contributed by atoms with E-state index in [2.05, 4.69) is 4.74 Å². The minimum absolute atomic E-state index is 0.0437. The number of nitrogens with zero attached hydrogens (tertiary/aromatic N) is 2. The van der Waals surface area contributed by atoms with E-state index in [1.54, 1.807) is 12.1 Å². The molecule has 1 aliphatic heterocycles. The molecule has 0 fully saturated rings. The SMILES string of the molecule is CCCN1CCN(S(=O)(=O)c2cccc(C(F)(F)F)c2)c2cc(-c3cc(F)cc(OC(F)F)c3)ccc21. The molecule has 0 spiro atoms. The molecule has 0 saturated carbocycles. The zero-order chi connectivity index (χ0) is 27.0. The molecule has 0 N–H and O–H groups in total. The van der Waals surface area contributed by atoms with E-state index >= 15 is 0 Å². The molecule has 3 aromatic rings. The molecule has 1 heterocycles. The molecule has 0 amide bonds. The largest absolute Gasteiger partial charge is 0.435 e. The van der Waals surface area contributed by atoms with E-state index in [0.717, 1.165) is 41.1 Å². The van der Waals surface area contributed by atoms with Gasteiger partial charge in [0.25, 0.3) is 10.0 Å². The lowest BCUT2D eigenvalue weighted by Gasteiger charge is -2.38. The molecule has 1 aliphatic rings. The lowest BCUT2D eigenvalue weighted by molar-refractivity contribution is -0.137. The number of rotatable bonds is 7. The van der Waals surface area contributed by atoms with Crippen LogP contribution in [-0.4, -0.2) is 34.7 Å². The summed E-state index contributed by atoms with van der Waals surface area (Å²) in [5.41, 5.74) is 0.0592. The fourth-order valence-corrected chi connectivity index (χ4v) is 5.74. The summed E-state index contributed by atoms with van der Waals surface area (Å²) in [5.74, 6) is -1.25. The number of halogens is 6. The number of benzene rings is 3. The summed E-state index contributed by atoms with van der Waals surface area (Å²) in [5, 5.41) is 0. The fraction of sp³-hybridized carbons (Fsp3) is 0.280. The van der Waals surface area contributed by atoms with Crippen molar-refractivity contribution < 1.29 is 39.5 Å². The van der Waals surface area contributed by atoms with Gasteiger partial charge < -0.3 is 9.64 Å². The molecule has 4 rings (SSSR count). The van der Waals surface area contributed by atoms with Crippen LogP contribution in [-0.2, 0) is 16.2 Å². The minimum Gasteiger partial charge on any atom is -0.435 e. The molecule has 0 unspecified atom stereocenters. The Hall–Kier alpha value is -3.41.